The number of rotatable bonds is 4. The third-order valence-corrected chi connectivity index (χ3v) is 5.46. The lowest BCUT2D eigenvalue weighted by atomic mass is 10.1. The van der Waals surface area contributed by atoms with Gasteiger partial charge in [-0.2, -0.15) is 4.98 Å². The van der Waals surface area contributed by atoms with Crippen molar-refractivity contribution in [1.82, 2.24) is 18.7 Å². The molecule has 0 bridgehead atoms. The van der Waals surface area contributed by atoms with E-state index < -0.39 is 0 Å². The molecule has 2 aromatic heterocycles. The van der Waals surface area contributed by atoms with E-state index >= 15 is 0 Å². The molecule has 1 fully saturated rings. The molecule has 0 aliphatic carbocycles. The van der Waals surface area contributed by atoms with E-state index in [0.717, 1.165) is 30.4 Å². The normalized spacial score (nSPS) is 17.5. The summed E-state index contributed by atoms with van der Waals surface area (Å²) in [6, 6.07) is 10.2. The minimum atomic E-state index is -0.387. The summed E-state index contributed by atoms with van der Waals surface area (Å²) in [7, 11) is 3.13. The zero-order valence-corrected chi connectivity index (χ0v) is 16.8. The lowest BCUT2D eigenvalue weighted by Crippen LogP contribution is -2.43. The minimum Gasteiger partial charge on any atom is -0.340 e. The second-order valence-corrected chi connectivity index (χ2v) is 7.58. The first-order chi connectivity index (χ1) is 14.0. The number of imidazole rings is 1. The van der Waals surface area contributed by atoms with E-state index in [1.165, 1.54) is 17.2 Å². The van der Waals surface area contributed by atoms with Gasteiger partial charge < -0.3 is 10.6 Å². The van der Waals surface area contributed by atoms with Gasteiger partial charge in [-0.25, -0.2) is 4.79 Å². The monoisotopic (exact) mass is 394 g/mol. The fourth-order valence-corrected chi connectivity index (χ4v) is 3.87. The number of nitrogens with zero attached hydrogens (tertiary/aromatic N) is 5. The predicted molar refractivity (Wildman–Crippen MR) is 115 cm³/mol. The summed E-state index contributed by atoms with van der Waals surface area (Å²) >= 11 is 0. The second-order valence-electron chi connectivity index (χ2n) is 7.58. The number of nitrogens with two attached hydrogens (primary N) is 1. The largest absolute Gasteiger partial charge is 0.340 e. The minimum absolute atomic E-state index is 0.0666. The summed E-state index contributed by atoms with van der Waals surface area (Å²) in [4.78, 5) is 32.1. The molecule has 1 saturated heterocycles. The van der Waals surface area contributed by atoms with Gasteiger partial charge in [-0.05, 0) is 24.8 Å². The first-order valence-electron chi connectivity index (χ1n) is 9.86. The standard InChI is InChI=1S/C21H26N6O2/c1-24-18-17(19(28)25(2)21(24)29)27(13-6-10-15-8-4-3-5-9-15)20(23-18)26-12-7-11-16(22)14-26/h3-6,8-9,13,16H,7,10-12,14,22H2,1-2H3. The number of fused-ring (bicyclic) bond motifs is 1. The molecule has 3 aromatic rings. The Morgan fingerprint density at radius 3 is 2.66 bits per heavy atom. The molecule has 1 unspecified atom stereocenters. The van der Waals surface area contributed by atoms with Crippen LogP contribution in [0.4, 0.5) is 5.95 Å². The van der Waals surface area contributed by atoms with Crippen LogP contribution in [0.1, 0.15) is 18.4 Å². The number of anilines is 1. The Hall–Kier alpha value is -3.13. The average molecular weight is 394 g/mol. The van der Waals surface area contributed by atoms with E-state index in [1.807, 2.05) is 30.5 Å². The first-order valence-corrected chi connectivity index (χ1v) is 9.86. The maximum atomic E-state index is 12.9. The number of benzene rings is 1. The van der Waals surface area contributed by atoms with Gasteiger partial charge in [0.15, 0.2) is 11.2 Å². The summed E-state index contributed by atoms with van der Waals surface area (Å²) in [5.41, 5.74) is 7.39. The maximum absolute atomic E-state index is 12.9. The lowest BCUT2D eigenvalue weighted by molar-refractivity contribution is 0.499. The van der Waals surface area contributed by atoms with Gasteiger partial charge in [-0.3, -0.25) is 18.5 Å². The van der Waals surface area contributed by atoms with Crippen molar-refractivity contribution in [3.05, 3.63) is 62.8 Å². The molecule has 0 radical (unpaired) electrons. The molecule has 1 aromatic carbocycles. The van der Waals surface area contributed by atoms with Crippen LogP contribution in [0.15, 0.2) is 46.0 Å². The van der Waals surface area contributed by atoms with Gasteiger partial charge in [0, 0.05) is 39.4 Å². The van der Waals surface area contributed by atoms with Crippen LogP contribution >= 0.6 is 0 Å². The average Bonchev–Trinajstić information content (AvgIpc) is 3.11. The number of allylic oxidation sites excluding steroid dienone is 1. The van der Waals surface area contributed by atoms with Crippen molar-refractivity contribution in [3.8, 4) is 0 Å². The molecule has 1 aliphatic rings. The molecule has 0 saturated carbocycles. The van der Waals surface area contributed by atoms with Crippen molar-refractivity contribution in [2.75, 3.05) is 18.0 Å². The molecule has 1 atom stereocenters. The smallest absolute Gasteiger partial charge is 0.332 e. The molecule has 0 spiro atoms. The summed E-state index contributed by atoms with van der Waals surface area (Å²) in [6.07, 6.45) is 6.56. The SMILES string of the molecule is Cn1c(=O)c2c(nc(N3CCCC(N)C3)n2C=CCc2ccccc2)n(C)c1=O. The summed E-state index contributed by atoms with van der Waals surface area (Å²) < 4.78 is 4.35. The highest BCUT2D eigenvalue weighted by atomic mass is 16.2. The van der Waals surface area contributed by atoms with E-state index in [2.05, 4.69) is 17.0 Å². The van der Waals surface area contributed by atoms with Crippen molar-refractivity contribution in [2.45, 2.75) is 25.3 Å². The van der Waals surface area contributed by atoms with Gasteiger partial charge >= 0.3 is 5.69 Å². The van der Waals surface area contributed by atoms with Gasteiger partial charge in [0.05, 0.1) is 0 Å². The highest BCUT2D eigenvalue weighted by Gasteiger charge is 2.25. The van der Waals surface area contributed by atoms with Crippen molar-refractivity contribution < 1.29 is 0 Å². The fourth-order valence-electron chi connectivity index (χ4n) is 3.87. The highest BCUT2D eigenvalue weighted by molar-refractivity contribution is 5.77. The quantitative estimate of drug-likeness (QED) is 0.715. The Labute approximate surface area is 168 Å². The van der Waals surface area contributed by atoms with E-state index in [9.17, 15) is 9.59 Å². The zero-order chi connectivity index (χ0) is 20.5. The molecule has 152 valence electrons. The molecule has 4 rings (SSSR count). The number of aryl methyl sites for hydroxylation is 1. The van der Waals surface area contributed by atoms with Crippen molar-refractivity contribution >= 4 is 23.3 Å². The molecule has 29 heavy (non-hydrogen) atoms. The Morgan fingerprint density at radius 2 is 1.93 bits per heavy atom. The molecule has 8 nitrogen and oxygen atoms in total. The van der Waals surface area contributed by atoms with Crippen LogP contribution in [0.25, 0.3) is 17.4 Å². The van der Waals surface area contributed by atoms with Crippen LogP contribution < -0.4 is 21.9 Å². The third-order valence-electron chi connectivity index (χ3n) is 5.46. The van der Waals surface area contributed by atoms with E-state index in [-0.39, 0.29) is 17.3 Å². The topological polar surface area (TPSA) is 91.1 Å². The van der Waals surface area contributed by atoms with Crippen LogP contribution in [-0.4, -0.2) is 37.8 Å². The predicted octanol–water partition coefficient (Wildman–Crippen LogP) is 1.07. The maximum Gasteiger partial charge on any atom is 0.332 e. The van der Waals surface area contributed by atoms with Crippen molar-refractivity contribution in [1.29, 1.82) is 0 Å². The van der Waals surface area contributed by atoms with E-state index in [0.29, 0.717) is 23.7 Å². The van der Waals surface area contributed by atoms with Crippen molar-refractivity contribution in [2.24, 2.45) is 19.8 Å². The van der Waals surface area contributed by atoms with Crippen molar-refractivity contribution in [3.63, 3.8) is 0 Å². The van der Waals surface area contributed by atoms with Crippen LogP contribution in [0.5, 0.6) is 0 Å². The summed E-state index contributed by atoms with van der Waals surface area (Å²) in [5, 5.41) is 0. The molecule has 0 amide bonds. The Bertz CT molecular complexity index is 1170. The highest BCUT2D eigenvalue weighted by Crippen LogP contribution is 2.23. The molecule has 8 heteroatoms. The molecule has 2 N–H and O–H groups in total. The second kappa shape index (κ2) is 7.71. The van der Waals surface area contributed by atoms with Gasteiger partial charge in [-0.1, -0.05) is 36.4 Å². The number of hydrogen-bond donors (Lipinski definition) is 1. The Balaban J connectivity index is 1.85. The third kappa shape index (κ3) is 3.51. The number of hydrogen-bond acceptors (Lipinski definition) is 5. The molecular formula is C21H26N6O2. The van der Waals surface area contributed by atoms with Crippen LogP contribution in [0, 0.1) is 0 Å². The first kappa shape index (κ1) is 19.2. The summed E-state index contributed by atoms with van der Waals surface area (Å²) in [6.45, 7) is 1.49. The van der Waals surface area contributed by atoms with Gasteiger partial charge in [0.2, 0.25) is 5.95 Å². The summed E-state index contributed by atoms with van der Waals surface area (Å²) in [5.74, 6) is 0.651. The molecular weight excluding hydrogens is 368 g/mol. The molecule has 3 heterocycles. The van der Waals surface area contributed by atoms with Crippen LogP contribution in [-0.2, 0) is 20.5 Å². The Kier molecular flexibility index (Phi) is 5.10. The van der Waals surface area contributed by atoms with E-state index in [4.69, 9.17) is 10.7 Å². The number of aromatic nitrogens is 4. The zero-order valence-electron chi connectivity index (χ0n) is 16.8. The lowest BCUT2D eigenvalue weighted by Gasteiger charge is -2.31. The Morgan fingerprint density at radius 1 is 1.17 bits per heavy atom. The fraction of sp³-hybridized carbons (Fsp3) is 0.381. The van der Waals surface area contributed by atoms with E-state index in [1.54, 1.807) is 11.6 Å². The van der Waals surface area contributed by atoms with Crippen LogP contribution in [0.2, 0.25) is 0 Å². The number of piperidine rings is 1. The van der Waals surface area contributed by atoms with Gasteiger partial charge in [0.1, 0.15) is 0 Å². The van der Waals surface area contributed by atoms with Gasteiger partial charge in [0.25, 0.3) is 5.56 Å². The van der Waals surface area contributed by atoms with Gasteiger partial charge in [-0.15, -0.1) is 0 Å². The molecule has 1 aliphatic heterocycles. The van der Waals surface area contributed by atoms with Crippen LogP contribution in [0.3, 0.4) is 0 Å².